The van der Waals surface area contributed by atoms with Gasteiger partial charge in [-0.3, -0.25) is 0 Å². The molecule has 33 heavy (non-hydrogen) atoms. The van der Waals surface area contributed by atoms with E-state index in [4.69, 9.17) is 26.1 Å². The number of amidine groups is 1. The van der Waals surface area contributed by atoms with Gasteiger partial charge in [-0.25, -0.2) is 4.99 Å². The fourth-order valence-corrected chi connectivity index (χ4v) is 4.09. The Morgan fingerprint density at radius 2 is 1.39 bits per heavy atom. The largest absolute Gasteiger partial charge is 0.497 e. The van der Waals surface area contributed by atoms with Gasteiger partial charge in [-0.15, -0.1) is 24.0 Å². The molecule has 0 saturated heterocycles. The van der Waals surface area contributed by atoms with Gasteiger partial charge in [0.25, 0.3) is 0 Å². The van der Waals surface area contributed by atoms with Crippen molar-refractivity contribution in [3.8, 4) is 11.5 Å². The summed E-state index contributed by atoms with van der Waals surface area (Å²) in [6.45, 7) is 5.58. The highest BCUT2D eigenvalue weighted by Gasteiger charge is 2.14. The molecule has 0 amide bonds. The lowest BCUT2D eigenvalue weighted by atomic mass is 10.1. The highest BCUT2D eigenvalue weighted by molar-refractivity contribution is 14.0. The second kappa shape index (κ2) is 13.7. The summed E-state index contributed by atoms with van der Waals surface area (Å²) in [4.78, 5) is 7.28. The minimum Gasteiger partial charge on any atom is -0.497 e. The lowest BCUT2D eigenvalue weighted by Crippen LogP contribution is -2.28. The average Bonchev–Trinajstić information content (AvgIpc) is 2.81. The normalized spacial score (nSPS) is 11.0. The molecule has 7 heteroatoms. The number of hydrogen-bond donors (Lipinski definition) is 0. The van der Waals surface area contributed by atoms with Gasteiger partial charge in [0.1, 0.15) is 11.5 Å². The first-order chi connectivity index (χ1) is 15.5. The van der Waals surface area contributed by atoms with Crippen LogP contribution < -0.4 is 9.47 Å². The molecule has 0 bridgehead atoms. The van der Waals surface area contributed by atoms with Gasteiger partial charge < -0.3 is 14.4 Å². The molecular formula is C26H30ClIN2O2S. The number of hydrogen-bond acceptors (Lipinski definition) is 4. The van der Waals surface area contributed by atoms with Crippen molar-refractivity contribution in [2.24, 2.45) is 4.99 Å². The molecule has 0 N–H and O–H groups in total. The summed E-state index contributed by atoms with van der Waals surface area (Å²) < 4.78 is 10.6. The van der Waals surface area contributed by atoms with E-state index in [2.05, 4.69) is 36.1 Å². The Balaban J connectivity index is 0.00000385. The van der Waals surface area contributed by atoms with Crippen molar-refractivity contribution in [2.75, 3.05) is 20.0 Å². The molecule has 0 fully saturated rings. The maximum Gasteiger partial charge on any atom is 0.164 e. The molecule has 0 spiro atoms. The van der Waals surface area contributed by atoms with Crippen molar-refractivity contribution in [2.45, 2.75) is 26.9 Å². The third kappa shape index (κ3) is 8.12. The van der Waals surface area contributed by atoms with Gasteiger partial charge in [0.05, 0.1) is 19.9 Å². The highest BCUT2D eigenvalue weighted by atomic mass is 127. The molecule has 0 aliphatic carbocycles. The van der Waals surface area contributed by atoms with Gasteiger partial charge in [-0.1, -0.05) is 60.6 Å². The number of benzene rings is 3. The zero-order chi connectivity index (χ0) is 22.9. The SMILES string of the molecule is CCSC(=Nc1ccc(C)c(Cl)c1)N(Cc1ccc(OC)cc1)Cc1ccc(OC)cc1.I. The molecule has 4 nitrogen and oxygen atoms in total. The monoisotopic (exact) mass is 596 g/mol. The highest BCUT2D eigenvalue weighted by Crippen LogP contribution is 2.26. The Morgan fingerprint density at radius 3 is 1.82 bits per heavy atom. The number of ether oxygens (including phenoxy) is 2. The van der Waals surface area contributed by atoms with E-state index in [1.807, 2.05) is 49.4 Å². The quantitative estimate of drug-likeness (QED) is 0.151. The summed E-state index contributed by atoms with van der Waals surface area (Å²) in [5, 5.41) is 1.68. The van der Waals surface area contributed by atoms with Crippen molar-refractivity contribution in [3.63, 3.8) is 0 Å². The fraction of sp³-hybridized carbons (Fsp3) is 0.269. The summed E-state index contributed by atoms with van der Waals surface area (Å²) in [5.41, 5.74) is 4.27. The first-order valence-electron chi connectivity index (χ1n) is 10.5. The van der Waals surface area contributed by atoms with E-state index < -0.39 is 0 Å². The number of aliphatic imine (C=N–C) groups is 1. The lowest BCUT2D eigenvalue weighted by molar-refractivity contribution is 0.405. The van der Waals surface area contributed by atoms with Crippen LogP contribution in [0.25, 0.3) is 0 Å². The minimum atomic E-state index is 0. The van der Waals surface area contributed by atoms with E-state index in [0.717, 1.165) is 51.8 Å². The van der Waals surface area contributed by atoms with Gasteiger partial charge >= 0.3 is 0 Å². The maximum atomic E-state index is 6.36. The Morgan fingerprint density at radius 1 is 0.879 bits per heavy atom. The van der Waals surface area contributed by atoms with Crippen molar-refractivity contribution in [1.82, 2.24) is 4.90 Å². The molecule has 3 aromatic rings. The third-order valence-corrected chi connectivity index (χ3v) is 6.29. The molecule has 0 heterocycles. The zero-order valence-electron chi connectivity index (χ0n) is 19.4. The van der Waals surface area contributed by atoms with Crippen LogP contribution in [-0.2, 0) is 13.1 Å². The van der Waals surface area contributed by atoms with Gasteiger partial charge in [-0.2, -0.15) is 0 Å². The molecule has 0 aromatic heterocycles. The molecule has 0 saturated carbocycles. The molecule has 0 aliphatic rings. The van der Waals surface area contributed by atoms with Crippen LogP contribution in [0.15, 0.2) is 71.7 Å². The smallest absolute Gasteiger partial charge is 0.164 e. The summed E-state index contributed by atoms with van der Waals surface area (Å²) in [5.74, 6) is 2.61. The predicted octanol–water partition coefficient (Wildman–Crippen LogP) is 7.73. The van der Waals surface area contributed by atoms with Crippen LogP contribution in [0.5, 0.6) is 11.5 Å². The Hall–Kier alpha value is -1.90. The number of rotatable bonds is 8. The lowest BCUT2D eigenvalue weighted by Gasteiger charge is -2.26. The van der Waals surface area contributed by atoms with Crippen LogP contribution in [0.3, 0.4) is 0 Å². The van der Waals surface area contributed by atoms with Crippen molar-refractivity contribution in [3.05, 3.63) is 88.4 Å². The Kier molecular flexibility index (Phi) is 11.4. The van der Waals surface area contributed by atoms with E-state index in [1.165, 1.54) is 11.1 Å². The minimum absolute atomic E-state index is 0. The van der Waals surface area contributed by atoms with E-state index in [-0.39, 0.29) is 24.0 Å². The van der Waals surface area contributed by atoms with Gasteiger partial charge in [0.15, 0.2) is 5.17 Å². The fourth-order valence-electron chi connectivity index (χ4n) is 3.18. The molecule has 176 valence electrons. The predicted molar refractivity (Wildman–Crippen MR) is 152 cm³/mol. The van der Waals surface area contributed by atoms with Crippen LogP contribution in [0.1, 0.15) is 23.6 Å². The standard InChI is InChI=1S/C26H29ClN2O2S.HI/c1-5-32-26(28-22-11-6-19(2)25(27)16-22)29(17-20-7-12-23(30-3)13-8-20)18-21-9-14-24(31-4)15-10-21;/h6-16H,5,17-18H2,1-4H3;1H. The molecule has 0 atom stereocenters. The van der Waals surface area contributed by atoms with Gasteiger partial charge in [-0.05, 0) is 65.8 Å². The maximum absolute atomic E-state index is 6.36. The van der Waals surface area contributed by atoms with Crippen LogP contribution in [-0.4, -0.2) is 30.0 Å². The Labute approximate surface area is 223 Å². The number of methoxy groups -OCH3 is 2. The molecule has 0 aliphatic heterocycles. The Bertz CT molecular complexity index is 994. The molecule has 3 rings (SSSR count). The summed E-state index contributed by atoms with van der Waals surface area (Å²) in [6, 6.07) is 22.3. The van der Waals surface area contributed by atoms with Crippen LogP contribution in [0.2, 0.25) is 5.02 Å². The van der Waals surface area contributed by atoms with Crippen molar-refractivity contribution >= 4 is 58.2 Å². The van der Waals surface area contributed by atoms with Crippen LogP contribution >= 0.6 is 47.3 Å². The molecular weight excluding hydrogens is 567 g/mol. The number of halogens is 2. The number of nitrogens with zero attached hydrogens (tertiary/aromatic N) is 2. The first-order valence-corrected chi connectivity index (χ1v) is 11.9. The van der Waals surface area contributed by atoms with E-state index in [9.17, 15) is 0 Å². The second-order valence-electron chi connectivity index (χ2n) is 7.31. The second-order valence-corrected chi connectivity index (χ2v) is 8.95. The number of aryl methyl sites for hydroxylation is 1. The summed E-state index contributed by atoms with van der Waals surface area (Å²) in [6.07, 6.45) is 0. The summed E-state index contributed by atoms with van der Waals surface area (Å²) in [7, 11) is 3.36. The van der Waals surface area contributed by atoms with E-state index in [1.54, 1.807) is 26.0 Å². The van der Waals surface area contributed by atoms with E-state index in [0.29, 0.717) is 0 Å². The first kappa shape index (κ1) is 27.3. The van der Waals surface area contributed by atoms with Gasteiger partial charge in [0, 0.05) is 18.1 Å². The zero-order valence-corrected chi connectivity index (χ0v) is 23.3. The third-order valence-electron chi connectivity index (χ3n) is 4.99. The van der Waals surface area contributed by atoms with Gasteiger partial charge in [0.2, 0.25) is 0 Å². The van der Waals surface area contributed by atoms with E-state index >= 15 is 0 Å². The topological polar surface area (TPSA) is 34.1 Å². The molecule has 0 radical (unpaired) electrons. The van der Waals surface area contributed by atoms with Crippen LogP contribution in [0, 0.1) is 6.92 Å². The molecule has 3 aromatic carbocycles. The van der Waals surface area contributed by atoms with Crippen molar-refractivity contribution < 1.29 is 9.47 Å². The average molecular weight is 597 g/mol. The van der Waals surface area contributed by atoms with Crippen molar-refractivity contribution in [1.29, 1.82) is 0 Å². The molecule has 0 unspecified atom stereocenters. The van der Waals surface area contributed by atoms with Crippen LogP contribution in [0.4, 0.5) is 5.69 Å². The number of thioether (sulfide) groups is 1. The summed E-state index contributed by atoms with van der Waals surface area (Å²) >= 11 is 8.08.